The molecule has 0 saturated carbocycles. The molecule has 1 aromatic rings. The van der Waals surface area contributed by atoms with E-state index in [9.17, 15) is 4.39 Å². The molecule has 0 radical (unpaired) electrons. The van der Waals surface area contributed by atoms with Crippen LogP contribution >= 0.6 is 11.8 Å². The molecule has 0 unspecified atom stereocenters. The smallest absolute Gasteiger partial charge is 0.129 e. The summed E-state index contributed by atoms with van der Waals surface area (Å²) in [6.45, 7) is 7.92. The standard InChI is InChI=1S/C15H17FS.C2H6/c1-10-7-8-12(17-3)9-14(10)13-6-4-5-11(2)15(13)16;1-2/h6-9H,4-5H2,1-3H3;1-2H3. The van der Waals surface area contributed by atoms with Crippen LogP contribution in [-0.2, 0) is 0 Å². The van der Waals surface area contributed by atoms with Crippen molar-refractivity contribution >= 4 is 17.3 Å². The SMILES string of the molecule is CC.CSc1ccc(C)c(C2=CCCC(C)=C2F)c1. The van der Waals surface area contributed by atoms with Crippen LogP contribution in [0.4, 0.5) is 4.39 Å². The second kappa shape index (κ2) is 7.54. The van der Waals surface area contributed by atoms with Crippen molar-refractivity contribution in [3.05, 3.63) is 46.8 Å². The van der Waals surface area contributed by atoms with E-state index in [0.29, 0.717) is 0 Å². The van der Waals surface area contributed by atoms with E-state index in [4.69, 9.17) is 0 Å². The van der Waals surface area contributed by atoms with E-state index in [1.54, 1.807) is 11.8 Å². The molecule has 2 heteroatoms. The number of thioether (sulfide) groups is 1. The normalized spacial score (nSPS) is 14.7. The van der Waals surface area contributed by atoms with Crippen LogP contribution < -0.4 is 0 Å². The van der Waals surface area contributed by atoms with Gasteiger partial charge in [-0.25, -0.2) is 4.39 Å². The molecular formula is C17H23FS. The maximum atomic E-state index is 14.1. The molecule has 0 bridgehead atoms. The lowest BCUT2D eigenvalue weighted by molar-refractivity contribution is 0.644. The molecule has 0 spiro atoms. The molecule has 0 nitrogen and oxygen atoms in total. The Morgan fingerprint density at radius 2 is 1.84 bits per heavy atom. The van der Waals surface area contributed by atoms with Crippen molar-refractivity contribution in [3.63, 3.8) is 0 Å². The summed E-state index contributed by atoms with van der Waals surface area (Å²) in [5, 5.41) is 0. The lowest BCUT2D eigenvalue weighted by Crippen LogP contribution is -1.97. The highest BCUT2D eigenvalue weighted by molar-refractivity contribution is 7.98. The third-order valence-corrected chi connectivity index (χ3v) is 3.94. The Bertz CT molecular complexity index is 498. The average molecular weight is 278 g/mol. The van der Waals surface area contributed by atoms with E-state index in [0.717, 1.165) is 35.1 Å². The lowest BCUT2D eigenvalue weighted by atomic mass is 9.92. The number of allylic oxidation sites excluding steroid dienone is 4. The summed E-state index contributed by atoms with van der Waals surface area (Å²) in [5.74, 6) is -0.0300. The van der Waals surface area contributed by atoms with E-state index in [-0.39, 0.29) is 5.83 Å². The Hall–Kier alpha value is -1.02. The van der Waals surface area contributed by atoms with Gasteiger partial charge < -0.3 is 0 Å². The van der Waals surface area contributed by atoms with Gasteiger partial charge in [0.05, 0.1) is 0 Å². The predicted octanol–water partition coefficient (Wildman–Crippen LogP) is 6.16. The Morgan fingerprint density at radius 3 is 2.47 bits per heavy atom. The molecule has 2 rings (SSSR count). The van der Waals surface area contributed by atoms with E-state index < -0.39 is 0 Å². The van der Waals surface area contributed by atoms with Crippen LogP contribution in [0.25, 0.3) is 5.57 Å². The van der Waals surface area contributed by atoms with Gasteiger partial charge in [0.15, 0.2) is 0 Å². The van der Waals surface area contributed by atoms with Crippen LogP contribution in [0.5, 0.6) is 0 Å². The molecule has 0 saturated heterocycles. The molecule has 0 aliphatic heterocycles. The van der Waals surface area contributed by atoms with Crippen molar-refractivity contribution < 1.29 is 4.39 Å². The fourth-order valence-electron chi connectivity index (χ4n) is 2.11. The summed E-state index contributed by atoms with van der Waals surface area (Å²) in [7, 11) is 0. The van der Waals surface area contributed by atoms with Gasteiger partial charge >= 0.3 is 0 Å². The number of halogens is 1. The first-order valence-electron chi connectivity index (χ1n) is 6.84. The van der Waals surface area contributed by atoms with Crippen LogP contribution in [0.1, 0.15) is 44.7 Å². The van der Waals surface area contributed by atoms with Crippen LogP contribution in [-0.4, -0.2) is 6.26 Å². The van der Waals surface area contributed by atoms with Gasteiger partial charge in [-0.1, -0.05) is 26.0 Å². The monoisotopic (exact) mass is 278 g/mol. The van der Waals surface area contributed by atoms with Crippen molar-refractivity contribution in [3.8, 4) is 0 Å². The first kappa shape index (κ1) is 16.0. The van der Waals surface area contributed by atoms with Gasteiger partial charge in [0.25, 0.3) is 0 Å². The van der Waals surface area contributed by atoms with E-state index in [1.165, 1.54) is 4.90 Å². The van der Waals surface area contributed by atoms with Gasteiger partial charge in [-0.15, -0.1) is 11.8 Å². The average Bonchev–Trinajstić information content (AvgIpc) is 2.45. The molecule has 1 aliphatic carbocycles. The van der Waals surface area contributed by atoms with Gasteiger partial charge in [-0.05, 0) is 61.8 Å². The number of hydrogen-bond donors (Lipinski definition) is 0. The number of aryl methyl sites for hydroxylation is 1. The minimum Gasteiger partial charge on any atom is -0.206 e. The zero-order chi connectivity index (χ0) is 14.4. The third-order valence-electron chi connectivity index (χ3n) is 3.21. The molecule has 0 fully saturated rings. The second-order valence-corrected chi connectivity index (χ2v) is 5.31. The van der Waals surface area contributed by atoms with Crippen molar-refractivity contribution in [2.75, 3.05) is 6.26 Å². The Balaban J connectivity index is 0.000000861. The van der Waals surface area contributed by atoms with E-state index in [2.05, 4.69) is 18.2 Å². The summed E-state index contributed by atoms with van der Waals surface area (Å²) in [6, 6.07) is 6.24. The van der Waals surface area contributed by atoms with Crippen molar-refractivity contribution in [2.24, 2.45) is 0 Å². The molecular weight excluding hydrogens is 255 g/mol. The molecule has 19 heavy (non-hydrogen) atoms. The van der Waals surface area contributed by atoms with Gasteiger partial charge in [0, 0.05) is 10.5 Å². The molecule has 0 aromatic heterocycles. The predicted molar refractivity (Wildman–Crippen MR) is 85.3 cm³/mol. The fraction of sp³-hybridized carbons (Fsp3) is 0.412. The first-order chi connectivity index (χ1) is 9.13. The second-order valence-electron chi connectivity index (χ2n) is 4.43. The number of benzene rings is 1. The van der Waals surface area contributed by atoms with Crippen LogP contribution in [0.2, 0.25) is 0 Å². The molecule has 1 aromatic carbocycles. The highest BCUT2D eigenvalue weighted by Gasteiger charge is 2.16. The molecule has 0 amide bonds. The van der Waals surface area contributed by atoms with E-state index in [1.807, 2.05) is 40.0 Å². The molecule has 0 N–H and O–H groups in total. The molecule has 0 heterocycles. The summed E-state index contributed by atoms with van der Waals surface area (Å²) in [5.41, 5.74) is 3.82. The van der Waals surface area contributed by atoms with Crippen molar-refractivity contribution in [2.45, 2.75) is 45.4 Å². The number of hydrogen-bond acceptors (Lipinski definition) is 1. The summed E-state index contributed by atoms with van der Waals surface area (Å²) < 4.78 is 14.1. The van der Waals surface area contributed by atoms with Gasteiger partial charge in [-0.3, -0.25) is 0 Å². The maximum absolute atomic E-state index is 14.1. The molecule has 0 atom stereocenters. The highest BCUT2D eigenvalue weighted by Crippen LogP contribution is 2.35. The Kier molecular flexibility index (Phi) is 6.36. The minimum atomic E-state index is -0.0300. The summed E-state index contributed by atoms with van der Waals surface area (Å²) in [4.78, 5) is 1.18. The fourth-order valence-corrected chi connectivity index (χ4v) is 2.55. The summed E-state index contributed by atoms with van der Waals surface area (Å²) >= 11 is 1.69. The van der Waals surface area contributed by atoms with Gasteiger partial charge in [-0.2, -0.15) is 0 Å². The highest BCUT2D eigenvalue weighted by atomic mass is 32.2. The van der Waals surface area contributed by atoms with Gasteiger partial charge in [0.1, 0.15) is 5.83 Å². The largest absolute Gasteiger partial charge is 0.206 e. The lowest BCUT2D eigenvalue weighted by Gasteiger charge is -2.16. The van der Waals surface area contributed by atoms with Crippen molar-refractivity contribution in [1.82, 2.24) is 0 Å². The topological polar surface area (TPSA) is 0 Å². The third kappa shape index (κ3) is 3.73. The Morgan fingerprint density at radius 1 is 1.16 bits per heavy atom. The first-order valence-corrected chi connectivity index (χ1v) is 8.06. The zero-order valence-corrected chi connectivity index (χ0v) is 13.3. The molecule has 104 valence electrons. The van der Waals surface area contributed by atoms with Crippen LogP contribution in [0.3, 0.4) is 0 Å². The quantitative estimate of drug-likeness (QED) is 0.583. The zero-order valence-electron chi connectivity index (χ0n) is 12.5. The van der Waals surface area contributed by atoms with Crippen LogP contribution in [0, 0.1) is 6.92 Å². The van der Waals surface area contributed by atoms with E-state index >= 15 is 0 Å². The maximum Gasteiger partial charge on any atom is 0.129 e. The Labute approximate surface area is 120 Å². The van der Waals surface area contributed by atoms with Crippen molar-refractivity contribution in [1.29, 1.82) is 0 Å². The summed E-state index contributed by atoms with van der Waals surface area (Å²) in [6.07, 6.45) is 5.85. The van der Waals surface area contributed by atoms with Gasteiger partial charge in [0.2, 0.25) is 0 Å². The number of rotatable bonds is 2. The van der Waals surface area contributed by atoms with Crippen LogP contribution in [0.15, 0.2) is 40.6 Å². The minimum absolute atomic E-state index is 0.0300. The molecule has 1 aliphatic rings.